The SMILES string of the molecule is Nc1ccn2c(C3CCCCNC3)ncc2c1. The first-order valence-corrected chi connectivity index (χ1v) is 6.28. The normalized spacial score (nSPS) is 21.5. The molecule has 1 fully saturated rings. The van der Waals surface area contributed by atoms with E-state index in [4.69, 9.17) is 5.73 Å². The summed E-state index contributed by atoms with van der Waals surface area (Å²) in [6.07, 6.45) is 7.71. The van der Waals surface area contributed by atoms with Crippen molar-refractivity contribution in [3.05, 3.63) is 30.4 Å². The lowest BCUT2D eigenvalue weighted by molar-refractivity contribution is 0.576. The highest BCUT2D eigenvalue weighted by molar-refractivity contribution is 5.56. The van der Waals surface area contributed by atoms with Gasteiger partial charge in [-0.15, -0.1) is 0 Å². The lowest BCUT2D eigenvalue weighted by Gasteiger charge is -2.13. The minimum atomic E-state index is 0.517. The molecule has 0 spiro atoms. The number of nitrogens with one attached hydrogen (secondary N) is 1. The molecular formula is C13H18N4. The van der Waals surface area contributed by atoms with Gasteiger partial charge < -0.3 is 15.5 Å². The number of hydrogen-bond acceptors (Lipinski definition) is 3. The van der Waals surface area contributed by atoms with E-state index in [-0.39, 0.29) is 0 Å². The van der Waals surface area contributed by atoms with E-state index < -0.39 is 0 Å². The number of fused-ring (bicyclic) bond motifs is 1. The van der Waals surface area contributed by atoms with Crippen LogP contribution in [0.5, 0.6) is 0 Å². The zero-order valence-corrected chi connectivity index (χ0v) is 9.89. The molecule has 17 heavy (non-hydrogen) atoms. The Bertz CT molecular complexity index is 509. The topological polar surface area (TPSA) is 55.4 Å². The summed E-state index contributed by atoms with van der Waals surface area (Å²) in [6, 6.07) is 3.91. The smallest absolute Gasteiger partial charge is 0.117 e. The second kappa shape index (κ2) is 4.37. The third kappa shape index (κ3) is 2.00. The third-order valence-electron chi connectivity index (χ3n) is 3.50. The molecule has 3 N–H and O–H groups in total. The maximum absolute atomic E-state index is 5.78. The number of nitrogens with zero attached hydrogens (tertiary/aromatic N) is 2. The number of imidazole rings is 1. The number of hydrogen-bond donors (Lipinski definition) is 2. The van der Waals surface area contributed by atoms with Gasteiger partial charge in [0, 0.05) is 24.3 Å². The molecule has 1 atom stereocenters. The highest BCUT2D eigenvalue weighted by atomic mass is 15.0. The van der Waals surface area contributed by atoms with E-state index in [1.54, 1.807) is 0 Å². The van der Waals surface area contributed by atoms with E-state index in [1.165, 1.54) is 19.3 Å². The van der Waals surface area contributed by atoms with Gasteiger partial charge in [0.25, 0.3) is 0 Å². The minimum Gasteiger partial charge on any atom is -0.399 e. The van der Waals surface area contributed by atoms with Crippen molar-refractivity contribution in [2.24, 2.45) is 0 Å². The van der Waals surface area contributed by atoms with Gasteiger partial charge in [0.2, 0.25) is 0 Å². The highest BCUT2D eigenvalue weighted by Crippen LogP contribution is 2.23. The first-order chi connectivity index (χ1) is 8.34. The van der Waals surface area contributed by atoms with E-state index in [0.29, 0.717) is 5.92 Å². The number of pyridine rings is 1. The molecule has 1 aliphatic rings. The standard InChI is InChI=1S/C13H18N4/c14-11-4-6-17-12(7-11)9-16-13(17)10-3-1-2-5-15-8-10/h4,6-7,9-10,15H,1-3,5,8,14H2. The molecule has 3 rings (SSSR count). The van der Waals surface area contributed by atoms with Crippen LogP contribution < -0.4 is 11.1 Å². The summed E-state index contributed by atoms with van der Waals surface area (Å²) >= 11 is 0. The van der Waals surface area contributed by atoms with E-state index >= 15 is 0 Å². The number of rotatable bonds is 1. The first-order valence-electron chi connectivity index (χ1n) is 6.28. The Morgan fingerprint density at radius 3 is 3.29 bits per heavy atom. The molecule has 3 heterocycles. The van der Waals surface area contributed by atoms with Gasteiger partial charge in [-0.1, -0.05) is 6.42 Å². The van der Waals surface area contributed by atoms with Crippen molar-refractivity contribution in [3.8, 4) is 0 Å². The van der Waals surface area contributed by atoms with Crippen molar-refractivity contribution in [3.63, 3.8) is 0 Å². The monoisotopic (exact) mass is 230 g/mol. The lowest BCUT2D eigenvalue weighted by atomic mass is 10.0. The molecule has 0 aliphatic carbocycles. The van der Waals surface area contributed by atoms with Crippen LogP contribution in [0.25, 0.3) is 5.52 Å². The van der Waals surface area contributed by atoms with Gasteiger partial charge in [-0.2, -0.15) is 0 Å². The number of nitrogens with two attached hydrogens (primary N) is 1. The molecule has 0 saturated carbocycles. The maximum Gasteiger partial charge on any atom is 0.117 e. The van der Waals surface area contributed by atoms with Gasteiger partial charge in [0.05, 0.1) is 11.7 Å². The summed E-state index contributed by atoms with van der Waals surface area (Å²) in [5.41, 5.74) is 7.66. The Morgan fingerprint density at radius 2 is 2.35 bits per heavy atom. The van der Waals surface area contributed by atoms with Gasteiger partial charge in [-0.25, -0.2) is 4.98 Å². The lowest BCUT2D eigenvalue weighted by Crippen LogP contribution is -2.20. The number of nitrogen functional groups attached to an aromatic ring is 1. The average molecular weight is 230 g/mol. The number of aromatic nitrogens is 2. The summed E-state index contributed by atoms with van der Waals surface area (Å²) in [6.45, 7) is 2.16. The Morgan fingerprint density at radius 1 is 1.41 bits per heavy atom. The van der Waals surface area contributed by atoms with E-state index in [2.05, 4.69) is 14.7 Å². The molecule has 90 valence electrons. The molecule has 0 amide bonds. The Hall–Kier alpha value is -1.55. The van der Waals surface area contributed by atoms with E-state index in [9.17, 15) is 0 Å². The summed E-state index contributed by atoms with van der Waals surface area (Å²) in [4.78, 5) is 4.57. The van der Waals surface area contributed by atoms with Crippen LogP contribution in [0, 0.1) is 0 Å². The van der Waals surface area contributed by atoms with Crippen LogP contribution >= 0.6 is 0 Å². The van der Waals surface area contributed by atoms with Crippen molar-refractivity contribution in [1.29, 1.82) is 0 Å². The molecule has 4 heteroatoms. The van der Waals surface area contributed by atoms with Crippen LogP contribution in [-0.2, 0) is 0 Å². The van der Waals surface area contributed by atoms with Crippen molar-refractivity contribution in [2.75, 3.05) is 18.8 Å². The number of anilines is 1. The Balaban J connectivity index is 1.98. The zero-order valence-electron chi connectivity index (χ0n) is 9.89. The summed E-state index contributed by atoms with van der Waals surface area (Å²) in [5.74, 6) is 1.68. The molecule has 0 aromatic carbocycles. The predicted octanol–water partition coefficient (Wildman–Crippen LogP) is 1.77. The highest BCUT2D eigenvalue weighted by Gasteiger charge is 2.18. The van der Waals surface area contributed by atoms with Gasteiger partial charge >= 0.3 is 0 Å². The summed E-state index contributed by atoms with van der Waals surface area (Å²) in [5, 5.41) is 3.48. The predicted molar refractivity (Wildman–Crippen MR) is 69.1 cm³/mol. The zero-order chi connectivity index (χ0) is 11.7. The van der Waals surface area contributed by atoms with E-state index in [0.717, 1.165) is 30.1 Å². The van der Waals surface area contributed by atoms with Gasteiger partial charge in [-0.05, 0) is 31.5 Å². The fraction of sp³-hybridized carbons (Fsp3) is 0.462. The molecule has 1 aliphatic heterocycles. The Kier molecular flexibility index (Phi) is 2.73. The van der Waals surface area contributed by atoms with Crippen molar-refractivity contribution in [1.82, 2.24) is 14.7 Å². The second-order valence-electron chi connectivity index (χ2n) is 4.77. The molecule has 2 aromatic heterocycles. The van der Waals surface area contributed by atoms with Crippen LogP contribution in [-0.4, -0.2) is 22.5 Å². The summed E-state index contributed by atoms with van der Waals surface area (Å²) in [7, 11) is 0. The van der Waals surface area contributed by atoms with Gasteiger partial charge in [0.1, 0.15) is 5.82 Å². The van der Waals surface area contributed by atoms with Gasteiger partial charge in [0.15, 0.2) is 0 Å². The molecule has 4 nitrogen and oxygen atoms in total. The van der Waals surface area contributed by atoms with Crippen molar-refractivity contribution >= 4 is 11.2 Å². The van der Waals surface area contributed by atoms with Crippen LogP contribution in [0.4, 0.5) is 5.69 Å². The molecule has 1 saturated heterocycles. The second-order valence-corrected chi connectivity index (χ2v) is 4.77. The van der Waals surface area contributed by atoms with Crippen LogP contribution in [0.2, 0.25) is 0 Å². The fourth-order valence-electron chi connectivity index (χ4n) is 2.58. The molecular weight excluding hydrogens is 212 g/mol. The molecule has 2 aromatic rings. The third-order valence-corrected chi connectivity index (χ3v) is 3.50. The molecule has 0 bridgehead atoms. The molecule has 1 unspecified atom stereocenters. The maximum atomic E-state index is 5.78. The summed E-state index contributed by atoms with van der Waals surface area (Å²) < 4.78 is 2.16. The minimum absolute atomic E-state index is 0.517. The average Bonchev–Trinajstić information content (AvgIpc) is 2.57. The molecule has 0 radical (unpaired) electrons. The quantitative estimate of drug-likeness (QED) is 0.785. The van der Waals surface area contributed by atoms with E-state index in [1.807, 2.05) is 24.5 Å². The Labute approximate surface area is 101 Å². The van der Waals surface area contributed by atoms with Crippen molar-refractivity contribution < 1.29 is 0 Å². The van der Waals surface area contributed by atoms with Crippen LogP contribution in [0.1, 0.15) is 31.0 Å². The largest absolute Gasteiger partial charge is 0.399 e. The van der Waals surface area contributed by atoms with Crippen LogP contribution in [0.15, 0.2) is 24.5 Å². The van der Waals surface area contributed by atoms with Crippen LogP contribution in [0.3, 0.4) is 0 Å². The first kappa shape index (κ1) is 10.6. The van der Waals surface area contributed by atoms with Gasteiger partial charge in [-0.3, -0.25) is 0 Å². The van der Waals surface area contributed by atoms with Crippen molar-refractivity contribution in [2.45, 2.75) is 25.2 Å². The fourth-order valence-corrected chi connectivity index (χ4v) is 2.58.